The van der Waals surface area contributed by atoms with Gasteiger partial charge in [-0.25, -0.2) is 4.79 Å². The Kier molecular flexibility index (Phi) is 6.71. The number of benzene rings is 3. The molecule has 0 aliphatic heterocycles. The van der Waals surface area contributed by atoms with E-state index < -0.39 is 11.6 Å². The minimum atomic E-state index is -0.734. The largest absolute Gasteiger partial charge is 0.504 e. The molecule has 0 radical (unpaired) electrons. The van der Waals surface area contributed by atoms with E-state index in [2.05, 4.69) is 6.07 Å². The molecule has 0 bridgehead atoms. The fraction of sp³-hybridized carbons (Fsp3) is 0.370. The molecule has 0 saturated heterocycles. The number of phenols is 1. The number of fused-ring (bicyclic) bond motifs is 1. The molecule has 0 fully saturated rings. The summed E-state index contributed by atoms with van der Waals surface area (Å²) in [7, 11) is 0. The van der Waals surface area contributed by atoms with Crippen molar-refractivity contribution in [3.63, 3.8) is 0 Å². The van der Waals surface area contributed by atoms with Crippen LogP contribution in [0, 0.1) is 6.92 Å². The zero-order chi connectivity index (χ0) is 22.8. The molecular formula is C27H32O4. The van der Waals surface area contributed by atoms with Gasteiger partial charge in [-0.2, -0.15) is 0 Å². The minimum absolute atomic E-state index is 0.00689. The summed E-state index contributed by atoms with van der Waals surface area (Å²) in [5.41, 5.74) is 2.58. The summed E-state index contributed by atoms with van der Waals surface area (Å²) in [6, 6.07) is 14.9. The molecule has 4 nitrogen and oxygen atoms in total. The number of carbonyl (C=O) groups is 1. The van der Waals surface area contributed by atoms with Gasteiger partial charge < -0.3 is 14.9 Å². The van der Waals surface area contributed by atoms with Gasteiger partial charge in [0, 0.05) is 10.9 Å². The fourth-order valence-electron chi connectivity index (χ4n) is 3.94. The highest BCUT2D eigenvalue weighted by Gasteiger charge is 2.23. The van der Waals surface area contributed by atoms with Crippen molar-refractivity contribution >= 4 is 16.7 Å². The van der Waals surface area contributed by atoms with Crippen molar-refractivity contribution in [2.75, 3.05) is 0 Å². The van der Waals surface area contributed by atoms with Gasteiger partial charge in [0.2, 0.25) is 0 Å². The molecule has 4 heteroatoms. The summed E-state index contributed by atoms with van der Waals surface area (Å²) in [5.74, 6) is -0.194. The van der Waals surface area contributed by atoms with Crippen LogP contribution in [0.4, 0.5) is 0 Å². The summed E-state index contributed by atoms with van der Waals surface area (Å²) in [6.07, 6.45) is 2.16. The van der Waals surface area contributed by atoms with E-state index in [1.54, 1.807) is 38.1 Å². The molecule has 3 rings (SSSR count). The molecule has 0 aromatic heterocycles. The number of aliphatic hydroxyl groups is 1. The Morgan fingerprint density at radius 2 is 1.77 bits per heavy atom. The van der Waals surface area contributed by atoms with Crippen LogP contribution in [0.2, 0.25) is 0 Å². The highest BCUT2D eigenvalue weighted by Crippen LogP contribution is 2.44. The Labute approximate surface area is 184 Å². The third kappa shape index (κ3) is 5.26. The maximum Gasteiger partial charge on any atom is 0.343 e. The Morgan fingerprint density at radius 3 is 2.39 bits per heavy atom. The van der Waals surface area contributed by atoms with E-state index >= 15 is 0 Å². The van der Waals surface area contributed by atoms with Crippen molar-refractivity contribution in [2.24, 2.45) is 0 Å². The number of hydrogen-bond donors (Lipinski definition) is 2. The van der Waals surface area contributed by atoms with Crippen LogP contribution in [0.15, 0.2) is 48.5 Å². The second-order valence-corrected chi connectivity index (χ2v) is 9.18. The number of hydrogen-bond acceptors (Lipinski definition) is 4. The standard InChI is InChI=1S/C27H32O4/c1-17(2)22-16-20-14-13-18(3)21(12-9-15-27(4,5)30)23(20)24(28)25(22)31-26(29)19-10-7-6-8-11-19/h6-8,10-11,13-14,16-17,28,30H,9,12,15H2,1-5H3. The summed E-state index contributed by atoms with van der Waals surface area (Å²) in [6.45, 7) is 9.65. The second kappa shape index (κ2) is 9.11. The van der Waals surface area contributed by atoms with Crippen LogP contribution in [0.5, 0.6) is 11.5 Å². The first-order valence-electron chi connectivity index (χ1n) is 10.9. The maximum absolute atomic E-state index is 12.8. The molecule has 0 aliphatic rings. The van der Waals surface area contributed by atoms with Gasteiger partial charge in [-0.3, -0.25) is 0 Å². The van der Waals surface area contributed by atoms with Crippen LogP contribution >= 0.6 is 0 Å². The van der Waals surface area contributed by atoms with Crippen molar-refractivity contribution in [3.05, 3.63) is 70.8 Å². The van der Waals surface area contributed by atoms with Crippen molar-refractivity contribution in [1.82, 2.24) is 0 Å². The van der Waals surface area contributed by atoms with E-state index in [-0.39, 0.29) is 17.4 Å². The molecule has 31 heavy (non-hydrogen) atoms. The summed E-state index contributed by atoms with van der Waals surface area (Å²) >= 11 is 0. The SMILES string of the molecule is Cc1ccc2cc(C(C)C)c(OC(=O)c3ccccc3)c(O)c2c1CCCC(C)(C)O. The van der Waals surface area contributed by atoms with E-state index in [1.807, 2.05) is 39.0 Å². The number of ether oxygens (including phenoxy) is 1. The Hall–Kier alpha value is -2.85. The fourth-order valence-corrected chi connectivity index (χ4v) is 3.94. The number of rotatable bonds is 7. The van der Waals surface area contributed by atoms with Crippen molar-refractivity contribution in [3.8, 4) is 11.5 Å². The molecule has 0 atom stereocenters. The monoisotopic (exact) mass is 420 g/mol. The lowest BCUT2D eigenvalue weighted by Gasteiger charge is -2.20. The van der Waals surface area contributed by atoms with E-state index in [1.165, 1.54) is 0 Å². The zero-order valence-corrected chi connectivity index (χ0v) is 19.0. The molecule has 0 heterocycles. The van der Waals surface area contributed by atoms with E-state index in [0.717, 1.165) is 33.9 Å². The predicted octanol–water partition coefficient (Wildman–Crippen LogP) is 6.29. The molecule has 0 saturated carbocycles. The number of aromatic hydroxyl groups is 1. The molecule has 0 unspecified atom stereocenters. The van der Waals surface area contributed by atoms with Crippen molar-refractivity contribution in [2.45, 2.75) is 65.4 Å². The first kappa shape index (κ1) is 22.8. The normalized spacial score (nSPS) is 11.8. The van der Waals surface area contributed by atoms with E-state index in [4.69, 9.17) is 4.74 Å². The Morgan fingerprint density at radius 1 is 1.10 bits per heavy atom. The van der Waals surface area contributed by atoms with Crippen molar-refractivity contribution < 1.29 is 19.7 Å². The van der Waals surface area contributed by atoms with E-state index in [0.29, 0.717) is 18.4 Å². The van der Waals surface area contributed by atoms with Gasteiger partial charge in [-0.05, 0) is 80.7 Å². The molecule has 0 aliphatic carbocycles. The van der Waals surface area contributed by atoms with Crippen LogP contribution < -0.4 is 4.74 Å². The second-order valence-electron chi connectivity index (χ2n) is 9.18. The molecule has 0 spiro atoms. The molecule has 2 N–H and O–H groups in total. The minimum Gasteiger partial charge on any atom is -0.504 e. The predicted molar refractivity (Wildman–Crippen MR) is 125 cm³/mol. The summed E-state index contributed by atoms with van der Waals surface area (Å²) in [4.78, 5) is 12.8. The lowest BCUT2D eigenvalue weighted by Crippen LogP contribution is -2.18. The van der Waals surface area contributed by atoms with Crippen LogP contribution in [0.3, 0.4) is 0 Å². The quantitative estimate of drug-likeness (QED) is 0.348. The van der Waals surface area contributed by atoms with Crippen LogP contribution in [-0.4, -0.2) is 21.8 Å². The van der Waals surface area contributed by atoms with Crippen LogP contribution in [-0.2, 0) is 6.42 Å². The Bertz CT molecular complexity index is 1080. The van der Waals surface area contributed by atoms with Crippen molar-refractivity contribution in [1.29, 1.82) is 0 Å². The lowest BCUT2D eigenvalue weighted by molar-refractivity contribution is 0.0687. The van der Waals surface area contributed by atoms with E-state index in [9.17, 15) is 15.0 Å². The number of esters is 1. The van der Waals surface area contributed by atoms with Gasteiger partial charge in [-0.15, -0.1) is 0 Å². The Balaban J connectivity index is 2.10. The molecule has 0 amide bonds. The van der Waals surface area contributed by atoms with Gasteiger partial charge in [0.15, 0.2) is 11.5 Å². The van der Waals surface area contributed by atoms with Gasteiger partial charge >= 0.3 is 5.97 Å². The number of carbonyl (C=O) groups excluding carboxylic acids is 1. The number of phenolic OH excluding ortho intramolecular Hbond substituents is 1. The lowest BCUT2D eigenvalue weighted by atomic mass is 9.90. The maximum atomic E-state index is 12.8. The molecule has 3 aromatic rings. The summed E-state index contributed by atoms with van der Waals surface area (Å²) in [5, 5.41) is 23.0. The average Bonchev–Trinajstić information content (AvgIpc) is 2.71. The first-order chi connectivity index (χ1) is 14.6. The van der Waals surface area contributed by atoms with Crippen LogP contribution in [0.25, 0.3) is 10.8 Å². The topological polar surface area (TPSA) is 66.8 Å². The smallest absolute Gasteiger partial charge is 0.343 e. The highest BCUT2D eigenvalue weighted by molar-refractivity contribution is 5.98. The zero-order valence-electron chi connectivity index (χ0n) is 19.0. The first-order valence-corrected chi connectivity index (χ1v) is 10.9. The molecule has 3 aromatic carbocycles. The summed E-state index contributed by atoms with van der Waals surface area (Å²) < 4.78 is 5.76. The number of aryl methyl sites for hydroxylation is 2. The van der Waals surface area contributed by atoms with Gasteiger partial charge in [0.1, 0.15) is 0 Å². The van der Waals surface area contributed by atoms with Gasteiger partial charge in [-0.1, -0.05) is 44.2 Å². The van der Waals surface area contributed by atoms with Crippen LogP contribution in [0.1, 0.15) is 73.5 Å². The average molecular weight is 421 g/mol. The molecular weight excluding hydrogens is 388 g/mol. The molecule has 164 valence electrons. The highest BCUT2D eigenvalue weighted by atomic mass is 16.5. The third-order valence-electron chi connectivity index (χ3n) is 5.65. The van der Waals surface area contributed by atoms with Gasteiger partial charge in [0.25, 0.3) is 0 Å². The van der Waals surface area contributed by atoms with Gasteiger partial charge in [0.05, 0.1) is 11.2 Å². The third-order valence-corrected chi connectivity index (χ3v) is 5.65.